The average molecular weight is 529 g/mol. The number of alkyl halides is 2. The SMILES string of the molecule is O=S(=O)(Nc1ccc(Cl)cc1NS(=O)(=O)c1cc2ccccc2o1)c1ccc(OC(F)F)cc1. The minimum atomic E-state index is -4.25. The maximum atomic E-state index is 12.9. The lowest BCUT2D eigenvalue weighted by atomic mass is 10.3. The Hall–Kier alpha value is -3.35. The molecule has 0 saturated heterocycles. The topological polar surface area (TPSA) is 115 Å². The third-order valence-corrected chi connectivity index (χ3v) is 7.33. The van der Waals surface area contributed by atoms with Gasteiger partial charge in [0, 0.05) is 16.5 Å². The van der Waals surface area contributed by atoms with Gasteiger partial charge in [-0.25, -0.2) is 8.42 Å². The molecule has 8 nitrogen and oxygen atoms in total. The molecule has 0 unspecified atom stereocenters. The first-order valence-electron chi connectivity index (χ1n) is 9.42. The highest BCUT2D eigenvalue weighted by atomic mass is 35.5. The van der Waals surface area contributed by atoms with E-state index < -0.39 is 26.7 Å². The molecule has 0 aliphatic carbocycles. The second-order valence-corrected chi connectivity index (χ2v) is 10.6. The number of sulfonamides is 2. The van der Waals surface area contributed by atoms with Crippen molar-refractivity contribution in [2.45, 2.75) is 16.6 Å². The molecule has 4 aromatic rings. The van der Waals surface area contributed by atoms with Gasteiger partial charge in [-0.3, -0.25) is 9.44 Å². The minimum Gasteiger partial charge on any atom is -0.443 e. The van der Waals surface area contributed by atoms with Crippen molar-refractivity contribution in [3.63, 3.8) is 0 Å². The van der Waals surface area contributed by atoms with Gasteiger partial charge in [-0.1, -0.05) is 29.8 Å². The normalized spacial score (nSPS) is 12.1. The number of benzene rings is 3. The van der Waals surface area contributed by atoms with Crippen LogP contribution in [0.25, 0.3) is 11.0 Å². The summed E-state index contributed by atoms with van der Waals surface area (Å²) in [4.78, 5) is -0.268. The predicted molar refractivity (Wildman–Crippen MR) is 122 cm³/mol. The van der Waals surface area contributed by atoms with Gasteiger partial charge in [0.05, 0.1) is 16.3 Å². The fourth-order valence-electron chi connectivity index (χ4n) is 2.98. The number of nitrogens with one attached hydrogen (secondary N) is 2. The first-order chi connectivity index (χ1) is 16.0. The summed E-state index contributed by atoms with van der Waals surface area (Å²) in [5, 5.41) is 0.324. The Labute approximate surface area is 198 Å². The van der Waals surface area contributed by atoms with Gasteiger partial charge in [0.15, 0.2) is 0 Å². The second kappa shape index (κ2) is 9.12. The van der Waals surface area contributed by atoms with Crippen LogP contribution < -0.4 is 14.2 Å². The summed E-state index contributed by atoms with van der Waals surface area (Å²) in [6.07, 6.45) is 0. The second-order valence-electron chi connectivity index (χ2n) is 6.85. The van der Waals surface area contributed by atoms with Crippen molar-refractivity contribution in [3.05, 3.63) is 77.8 Å². The molecule has 0 bridgehead atoms. The van der Waals surface area contributed by atoms with Gasteiger partial charge in [-0.2, -0.15) is 17.2 Å². The maximum absolute atomic E-state index is 12.9. The van der Waals surface area contributed by atoms with Crippen LogP contribution in [0.2, 0.25) is 5.02 Å². The highest BCUT2D eigenvalue weighted by Gasteiger charge is 2.23. The summed E-state index contributed by atoms with van der Waals surface area (Å²) in [5.41, 5.74) is 0.0698. The van der Waals surface area contributed by atoms with Crippen molar-refractivity contribution in [2.75, 3.05) is 9.44 Å². The van der Waals surface area contributed by atoms with Crippen LogP contribution in [0, 0.1) is 0 Å². The quantitative estimate of drug-likeness (QED) is 0.321. The molecule has 178 valence electrons. The number of anilines is 2. The number of ether oxygens (including phenoxy) is 1. The van der Waals surface area contributed by atoms with Crippen LogP contribution in [-0.4, -0.2) is 23.4 Å². The Balaban J connectivity index is 1.63. The molecule has 1 heterocycles. The standard InChI is InChI=1S/C21H15ClF2N2O6S2/c22-14-5-10-17(25-33(27,28)16-8-6-15(7-9-16)31-21(23)24)18(12-14)26-34(29,30)20-11-13-3-1-2-4-19(13)32-20/h1-12,21,25-26H. The summed E-state index contributed by atoms with van der Waals surface area (Å²) < 4.78 is 90.1. The fourth-order valence-corrected chi connectivity index (χ4v) is 5.27. The zero-order valence-electron chi connectivity index (χ0n) is 16.9. The van der Waals surface area contributed by atoms with Gasteiger partial charge >= 0.3 is 6.61 Å². The molecule has 13 heteroatoms. The zero-order chi connectivity index (χ0) is 24.5. The number of rotatable bonds is 8. The van der Waals surface area contributed by atoms with Gasteiger partial charge < -0.3 is 9.15 Å². The highest BCUT2D eigenvalue weighted by Crippen LogP contribution is 2.32. The van der Waals surface area contributed by atoms with E-state index >= 15 is 0 Å². The van der Waals surface area contributed by atoms with Crippen LogP contribution in [0.15, 0.2) is 87.2 Å². The van der Waals surface area contributed by atoms with Gasteiger partial charge in [-0.15, -0.1) is 0 Å². The Morgan fingerprint density at radius 1 is 0.824 bits per heavy atom. The van der Waals surface area contributed by atoms with E-state index in [1.807, 2.05) is 0 Å². The lowest BCUT2D eigenvalue weighted by Crippen LogP contribution is -2.17. The largest absolute Gasteiger partial charge is 0.443 e. The molecule has 0 radical (unpaired) electrons. The third-order valence-electron chi connectivity index (χ3n) is 4.50. The number of hydrogen-bond donors (Lipinski definition) is 2. The average Bonchev–Trinajstić information content (AvgIpc) is 3.21. The van der Waals surface area contributed by atoms with Crippen LogP contribution in [0.5, 0.6) is 5.75 Å². The lowest BCUT2D eigenvalue weighted by molar-refractivity contribution is -0.0498. The molecule has 2 N–H and O–H groups in total. The molecular formula is C21H15ClF2N2O6S2. The fraction of sp³-hybridized carbons (Fsp3) is 0.0476. The van der Waals surface area contributed by atoms with Crippen LogP contribution in [0.1, 0.15) is 0 Å². The van der Waals surface area contributed by atoms with Crippen LogP contribution in [0.4, 0.5) is 20.2 Å². The summed E-state index contributed by atoms with van der Waals surface area (Å²) in [7, 11) is -8.48. The Bertz CT molecular complexity index is 1520. The van der Waals surface area contributed by atoms with Crippen LogP contribution >= 0.6 is 11.6 Å². The van der Waals surface area contributed by atoms with E-state index in [1.165, 1.54) is 24.3 Å². The maximum Gasteiger partial charge on any atom is 0.387 e. The molecule has 0 atom stereocenters. The Morgan fingerprint density at radius 3 is 2.18 bits per heavy atom. The van der Waals surface area contributed by atoms with Crippen molar-refractivity contribution in [1.29, 1.82) is 0 Å². The van der Waals surface area contributed by atoms with E-state index in [4.69, 9.17) is 16.0 Å². The summed E-state index contributed by atoms with van der Waals surface area (Å²) >= 11 is 5.99. The van der Waals surface area contributed by atoms with E-state index in [1.54, 1.807) is 24.3 Å². The van der Waals surface area contributed by atoms with Crippen molar-refractivity contribution in [2.24, 2.45) is 0 Å². The Morgan fingerprint density at radius 2 is 1.50 bits per heavy atom. The number of fused-ring (bicyclic) bond motifs is 1. The van der Waals surface area contributed by atoms with E-state index in [0.29, 0.717) is 11.0 Å². The van der Waals surface area contributed by atoms with E-state index in [2.05, 4.69) is 14.2 Å². The van der Waals surface area contributed by atoms with Gasteiger partial charge in [-0.05, 0) is 48.5 Å². The van der Waals surface area contributed by atoms with Crippen molar-refractivity contribution >= 4 is 54.0 Å². The van der Waals surface area contributed by atoms with E-state index in [0.717, 1.165) is 24.3 Å². The molecule has 0 amide bonds. The molecule has 4 rings (SSSR count). The minimum absolute atomic E-state index is 0.128. The molecule has 1 aromatic heterocycles. The molecule has 0 fully saturated rings. The number of furan rings is 1. The number of halogens is 3. The van der Waals surface area contributed by atoms with Gasteiger partial charge in [0.2, 0.25) is 5.09 Å². The van der Waals surface area contributed by atoms with E-state index in [9.17, 15) is 25.6 Å². The first kappa shape index (κ1) is 23.8. The van der Waals surface area contributed by atoms with Crippen molar-refractivity contribution < 1.29 is 34.8 Å². The third kappa shape index (κ3) is 5.24. The summed E-state index contributed by atoms with van der Waals surface area (Å²) in [6, 6.07) is 16.1. The highest BCUT2D eigenvalue weighted by molar-refractivity contribution is 7.93. The molecular weight excluding hydrogens is 514 g/mol. The molecule has 0 aliphatic rings. The van der Waals surface area contributed by atoms with Crippen molar-refractivity contribution in [3.8, 4) is 5.75 Å². The molecule has 0 spiro atoms. The summed E-state index contributed by atoms with van der Waals surface area (Å²) in [6.45, 7) is -3.06. The molecule has 34 heavy (non-hydrogen) atoms. The first-order valence-corrected chi connectivity index (χ1v) is 12.8. The van der Waals surface area contributed by atoms with Gasteiger partial charge in [0.25, 0.3) is 20.0 Å². The molecule has 0 saturated carbocycles. The number of hydrogen-bond acceptors (Lipinski definition) is 6. The van der Waals surface area contributed by atoms with Gasteiger partial charge in [0.1, 0.15) is 11.3 Å². The Kier molecular flexibility index (Phi) is 6.39. The molecule has 0 aliphatic heterocycles. The van der Waals surface area contributed by atoms with Crippen molar-refractivity contribution in [1.82, 2.24) is 0 Å². The summed E-state index contributed by atoms with van der Waals surface area (Å²) in [5.74, 6) is -0.222. The molecule has 3 aromatic carbocycles. The lowest BCUT2D eigenvalue weighted by Gasteiger charge is -2.14. The predicted octanol–water partition coefficient (Wildman–Crippen LogP) is 5.29. The van der Waals surface area contributed by atoms with Crippen LogP contribution in [0.3, 0.4) is 0 Å². The van der Waals surface area contributed by atoms with E-state index in [-0.39, 0.29) is 32.1 Å². The number of para-hydroxylation sites is 1. The monoisotopic (exact) mass is 528 g/mol. The van der Waals surface area contributed by atoms with Crippen LogP contribution in [-0.2, 0) is 20.0 Å². The smallest absolute Gasteiger partial charge is 0.387 e. The zero-order valence-corrected chi connectivity index (χ0v) is 19.3.